The van der Waals surface area contributed by atoms with Gasteiger partial charge in [-0.05, 0) is 56.9 Å². The SMILES string of the molecule is N#Cc1c(NC(=O)[C@@H]2CC(=O)OC23CCCCC3)sc2c1CCCC2. The maximum atomic E-state index is 13.0. The molecule has 25 heavy (non-hydrogen) atoms. The second-order valence-corrected chi connectivity index (χ2v) is 8.48. The topological polar surface area (TPSA) is 79.2 Å². The number of fused-ring (bicyclic) bond motifs is 1. The summed E-state index contributed by atoms with van der Waals surface area (Å²) in [6.07, 6.45) is 8.94. The van der Waals surface area contributed by atoms with Gasteiger partial charge < -0.3 is 10.1 Å². The van der Waals surface area contributed by atoms with Crippen molar-refractivity contribution in [2.75, 3.05) is 5.32 Å². The first kappa shape index (κ1) is 16.6. The van der Waals surface area contributed by atoms with E-state index in [2.05, 4.69) is 11.4 Å². The van der Waals surface area contributed by atoms with Crippen LogP contribution in [0.2, 0.25) is 0 Å². The predicted octanol–water partition coefficient (Wildman–Crippen LogP) is 3.70. The van der Waals surface area contributed by atoms with Gasteiger partial charge in [0.2, 0.25) is 5.91 Å². The summed E-state index contributed by atoms with van der Waals surface area (Å²) in [5.74, 6) is -0.873. The Morgan fingerprint density at radius 1 is 1.20 bits per heavy atom. The van der Waals surface area contributed by atoms with E-state index in [1.807, 2.05) is 0 Å². The van der Waals surface area contributed by atoms with Gasteiger partial charge in [0.25, 0.3) is 0 Å². The lowest BCUT2D eigenvalue weighted by molar-refractivity contribution is -0.153. The minimum Gasteiger partial charge on any atom is -0.458 e. The van der Waals surface area contributed by atoms with Gasteiger partial charge in [-0.25, -0.2) is 0 Å². The van der Waals surface area contributed by atoms with E-state index in [9.17, 15) is 14.9 Å². The Morgan fingerprint density at radius 3 is 2.72 bits per heavy atom. The van der Waals surface area contributed by atoms with Crippen LogP contribution >= 0.6 is 11.3 Å². The molecule has 6 heteroatoms. The van der Waals surface area contributed by atoms with Gasteiger partial charge in [-0.15, -0.1) is 11.3 Å². The van der Waals surface area contributed by atoms with Gasteiger partial charge in [0, 0.05) is 4.88 Å². The Bertz CT molecular complexity index is 755. The van der Waals surface area contributed by atoms with Crippen LogP contribution in [0.15, 0.2) is 0 Å². The Kier molecular flexibility index (Phi) is 4.28. The Labute approximate surface area is 151 Å². The maximum Gasteiger partial charge on any atom is 0.307 e. The molecule has 132 valence electrons. The Hall–Kier alpha value is -1.87. The third kappa shape index (κ3) is 2.85. The molecule has 3 aliphatic rings. The largest absolute Gasteiger partial charge is 0.458 e. The van der Waals surface area contributed by atoms with E-state index < -0.39 is 11.5 Å². The average molecular weight is 358 g/mol. The van der Waals surface area contributed by atoms with Gasteiger partial charge in [0.05, 0.1) is 17.9 Å². The van der Waals surface area contributed by atoms with Crippen LogP contribution in [0.1, 0.15) is 67.4 Å². The minimum absolute atomic E-state index is 0.152. The molecule has 0 bridgehead atoms. The fourth-order valence-electron chi connectivity index (χ4n) is 4.60. The van der Waals surface area contributed by atoms with Crippen LogP contribution in [0.25, 0.3) is 0 Å². The quantitative estimate of drug-likeness (QED) is 0.818. The molecule has 0 radical (unpaired) electrons. The smallest absolute Gasteiger partial charge is 0.307 e. The number of thiophene rings is 1. The normalized spacial score (nSPS) is 24.4. The first-order chi connectivity index (χ1) is 12.1. The molecule has 2 aliphatic carbocycles. The molecule has 1 N–H and O–H groups in total. The second kappa shape index (κ2) is 6.45. The molecule has 5 nitrogen and oxygen atoms in total. The van der Waals surface area contributed by atoms with Crippen molar-refractivity contribution in [2.24, 2.45) is 5.92 Å². The van der Waals surface area contributed by atoms with Gasteiger partial charge >= 0.3 is 5.97 Å². The second-order valence-electron chi connectivity index (χ2n) is 7.37. The number of nitriles is 1. The summed E-state index contributed by atoms with van der Waals surface area (Å²) in [7, 11) is 0. The lowest BCUT2D eigenvalue weighted by Crippen LogP contribution is -2.43. The number of rotatable bonds is 2. The van der Waals surface area contributed by atoms with E-state index >= 15 is 0 Å². The molecule has 4 rings (SSSR count). The number of carbonyl (C=O) groups excluding carboxylic acids is 2. The zero-order valence-electron chi connectivity index (χ0n) is 14.2. The summed E-state index contributed by atoms with van der Waals surface area (Å²) < 4.78 is 5.64. The number of amides is 1. The molecule has 1 aromatic rings. The van der Waals surface area contributed by atoms with E-state index in [4.69, 9.17) is 4.74 Å². The van der Waals surface area contributed by atoms with Crippen LogP contribution in [0, 0.1) is 17.2 Å². The van der Waals surface area contributed by atoms with Crippen LogP contribution in [-0.2, 0) is 27.2 Å². The van der Waals surface area contributed by atoms with Crippen molar-refractivity contribution in [1.82, 2.24) is 0 Å². The molecule has 1 aromatic heterocycles. The molecule has 1 saturated carbocycles. The number of nitrogens with one attached hydrogen (secondary N) is 1. The molecular formula is C19H22N2O3S. The van der Waals surface area contributed by atoms with Crippen LogP contribution in [0.3, 0.4) is 0 Å². The first-order valence-electron chi connectivity index (χ1n) is 9.20. The molecule has 2 heterocycles. The molecule has 0 aromatic carbocycles. The van der Waals surface area contributed by atoms with Crippen LogP contribution in [0.5, 0.6) is 0 Å². The number of hydrogen-bond acceptors (Lipinski definition) is 5. The van der Waals surface area contributed by atoms with Crippen molar-refractivity contribution >= 4 is 28.2 Å². The van der Waals surface area contributed by atoms with E-state index in [1.54, 1.807) is 0 Å². The zero-order valence-corrected chi connectivity index (χ0v) is 15.0. The van der Waals surface area contributed by atoms with Crippen LogP contribution in [0.4, 0.5) is 5.00 Å². The van der Waals surface area contributed by atoms with Gasteiger partial charge in [-0.1, -0.05) is 6.42 Å². The molecule has 2 fully saturated rings. The molecule has 1 amide bonds. The van der Waals surface area contributed by atoms with Crippen molar-refractivity contribution in [3.05, 3.63) is 16.0 Å². The number of aryl methyl sites for hydroxylation is 1. The van der Waals surface area contributed by atoms with E-state index in [1.165, 1.54) is 16.2 Å². The Morgan fingerprint density at radius 2 is 1.96 bits per heavy atom. The lowest BCUT2D eigenvalue weighted by atomic mass is 9.75. The summed E-state index contributed by atoms with van der Waals surface area (Å²) >= 11 is 1.53. The van der Waals surface area contributed by atoms with Crippen molar-refractivity contribution < 1.29 is 14.3 Å². The molecule has 1 aliphatic heterocycles. The van der Waals surface area contributed by atoms with Gasteiger partial charge in [0.15, 0.2) is 0 Å². The average Bonchev–Trinajstić information content (AvgIpc) is 3.12. The lowest BCUT2D eigenvalue weighted by Gasteiger charge is -2.35. The number of anilines is 1. The number of hydrogen-bond donors (Lipinski definition) is 1. The number of carbonyl (C=O) groups is 2. The highest BCUT2D eigenvalue weighted by atomic mass is 32.1. The first-order valence-corrected chi connectivity index (χ1v) is 10.0. The third-order valence-corrected chi connectivity index (χ3v) is 7.07. The fourth-order valence-corrected chi connectivity index (χ4v) is 5.84. The van der Waals surface area contributed by atoms with Gasteiger partial charge in [-0.2, -0.15) is 5.26 Å². The van der Waals surface area contributed by atoms with E-state index in [0.29, 0.717) is 10.6 Å². The number of ether oxygens (including phenoxy) is 1. The summed E-state index contributed by atoms with van der Waals surface area (Å²) in [5, 5.41) is 13.2. The summed E-state index contributed by atoms with van der Waals surface area (Å²) in [6, 6.07) is 2.28. The van der Waals surface area contributed by atoms with Gasteiger partial charge in [0.1, 0.15) is 16.7 Å². The van der Waals surface area contributed by atoms with Crippen LogP contribution < -0.4 is 5.32 Å². The summed E-state index contributed by atoms with van der Waals surface area (Å²) in [4.78, 5) is 26.1. The Balaban J connectivity index is 1.59. The fraction of sp³-hybridized carbons (Fsp3) is 0.632. The van der Waals surface area contributed by atoms with Crippen molar-refractivity contribution in [3.63, 3.8) is 0 Å². The monoisotopic (exact) mass is 358 g/mol. The number of nitrogens with zero attached hydrogens (tertiary/aromatic N) is 1. The standard InChI is InChI=1S/C19H22N2O3S/c20-11-13-12-6-2-3-7-15(12)25-18(13)21-17(23)14-10-16(22)24-19(14)8-4-1-5-9-19/h14H,1-10H2,(H,21,23)/t14-/m0/s1. The predicted molar refractivity (Wildman–Crippen MR) is 94.3 cm³/mol. The van der Waals surface area contributed by atoms with Crippen molar-refractivity contribution in [2.45, 2.75) is 69.8 Å². The highest BCUT2D eigenvalue weighted by Crippen LogP contribution is 2.45. The van der Waals surface area contributed by atoms with Crippen molar-refractivity contribution in [3.8, 4) is 6.07 Å². The molecule has 0 unspecified atom stereocenters. The highest BCUT2D eigenvalue weighted by molar-refractivity contribution is 7.16. The van der Waals surface area contributed by atoms with E-state index in [-0.39, 0.29) is 18.3 Å². The molecular weight excluding hydrogens is 336 g/mol. The van der Waals surface area contributed by atoms with Crippen molar-refractivity contribution in [1.29, 1.82) is 5.26 Å². The highest BCUT2D eigenvalue weighted by Gasteiger charge is 2.53. The summed E-state index contributed by atoms with van der Waals surface area (Å²) in [5.41, 5.74) is 1.11. The third-order valence-electron chi connectivity index (χ3n) is 5.86. The maximum absolute atomic E-state index is 13.0. The molecule has 1 spiro atoms. The minimum atomic E-state index is -0.622. The zero-order chi connectivity index (χ0) is 17.4. The summed E-state index contributed by atoms with van der Waals surface area (Å²) in [6.45, 7) is 0. The number of esters is 1. The van der Waals surface area contributed by atoms with E-state index in [0.717, 1.165) is 63.4 Å². The van der Waals surface area contributed by atoms with Crippen LogP contribution in [-0.4, -0.2) is 17.5 Å². The van der Waals surface area contributed by atoms with Gasteiger partial charge in [-0.3, -0.25) is 9.59 Å². The molecule has 1 atom stereocenters. The molecule has 1 saturated heterocycles.